The van der Waals surface area contributed by atoms with Crippen molar-refractivity contribution in [2.45, 2.75) is 20.0 Å². The summed E-state index contributed by atoms with van der Waals surface area (Å²) in [5.41, 5.74) is 3.26. The first kappa shape index (κ1) is 11.0. The summed E-state index contributed by atoms with van der Waals surface area (Å²) < 4.78 is 5.73. The number of fused-ring (bicyclic) bond motifs is 1. The second-order valence-electron chi connectivity index (χ2n) is 4.32. The van der Waals surface area contributed by atoms with Crippen molar-refractivity contribution in [2.24, 2.45) is 0 Å². The van der Waals surface area contributed by atoms with Crippen LogP contribution in [0.5, 0.6) is 0 Å². The predicted molar refractivity (Wildman–Crippen MR) is 70.1 cm³/mol. The number of benzene rings is 1. The molecule has 3 rings (SSSR count). The van der Waals surface area contributed by atoms with Gasteiger partial charge in [0.15, 0.2) is 0 Å². The van der Waals surface area contributed by atoms with E-state index in [-0.39, 0.29) is 0 Å². The number of nitrogens with one attached hydrogen (secondary N) is 2. The molecule has 4 nitrogen and oxygen atoms in total. The van der Waals surface area contributed by atoms with Crippen LogP contribution in [0.4, 0.5) is 0 Å². The fourth-order valence-electron chi connectivity index (χ4n) is 2.15. The average Bonchev–Trinajstić information content (AvgIpc) is 2.98. The molecule has 0 aliphatic heterocycles. The molecule has 0 fully saturated rings. The standard InChI is InChI=1S/C14H15N3O/c1-10-13(9-15-8-11-6-7-16-17-11)12-4-2-3-5-14(12)18-10/h2-7,15H,8-9H2,1H3,(H,16,17). The van der Waals surface area contributed by atoms with E-state index in [1.54, 1.807) is 6.20 Å². The van der Waals surface area contributed by atoms with E-state index in [4.69, 9.17) is 4.42 Å². The molecule has 0 saturated heterocycles. The molecule has 0 aliphatic rings. The smallest absolute Gasteiger partial charge is 0.134 e. The van der Waals surface area contributed by atoms with Gasteiger partial charge in [-0.05, 0) is 19.1 Å². The second kappa shape index (κ2) is 4.66. The van der Waals surface area contributed by atoms with Gasteiger partial charge in [-0.15, -0.1) is 0 Å². The van der Waals surface area contributed by atoms with Gasteiger partial charge >= 0.3 is 0 Å². The van der Waals surface area contributed by atoms with E-state index in [1.807, 2.05) is 31.2 Å². The molecule has 2 heterocycles. The fourth-order valence-corrected chi connectivity index (χ4v) is 2.15. The van der Waals surface area contributed by atoms with E-state index < -0.39 is 0 Å². The molecule has 0 unspecified atom stereocenters. The number of hydrogen-bond donors (Lipinski definition) is 2. The van der Waals surface area contributed by atoms with E-state index >= 15 is 0 Å². The summed E-state index contributed by atoms with van der Waals surface area (Å²) in [6.07, 6.45) is 1.76. The fraction of sp³-hybridized carbons (Fsp3) is 0.214. The van der Waals surface area contributed by atoms with Crippen LogP contribution < -0.4 is 5.32 Å². The van der Waals surface area contributed by atoms with Crippen molar-refractivity contribution in [2.75, 3.05) is 0 Å². The van der Waals surface area contributed by atoms with Crippen LogP contribution in [-0.2, 0) is 13.1 Å². The minimum atomic E-state index is 0.777. The van der Waals surface area contributed by atoms with Gasteiger partial charge in [-0.1, -0.05) is 18.2 Å². The summed E-state index contributed by atoms with van der Waals surface area (Å²) in [6.45, 7) is 3.58. The van der Waals surface area contributed by atoms with Gasteiger partial charge in [-0.2, -0.15) is 5.10 Å². The highest BCUT2D eigenvalue weighted by Crippen LogP contribution is 2.24. The zero-order valence-electron chi connectivity index (χ0n) is 10.2. The molecule has 18 heavy (non-hydrogen) atoms. The minimum Gasteiger partial charge on any atom is -0.461 e. The minimum absolute atomic E-state index is 0.777. The van der Waals surface area contributed by atoms with E-state index in [1.165, 1.54) is 10.9 Å². The summed E-state index contributed by atoms with van der Waals surface area (Å²) in [7, 11) is 0. The Hall–Kier alpha value is -2.07. The van der Waals surface area contributed by atoms with Gasteiger partial charge in [0.05, 0.1) is 0 Å². The highest BCUT2D eigenvalue weighted by atomic mass is 16.3. The molecule has 4 heteroatoms. The molecular weight excluding hydrogens is 226 g/mol. The highest BCUT2D eigenvalue weighted by Gasteiger charge is 2.09. The van der Waals surface area contributed by atoms with Crippen molar-refractivity contribution in [1.29, 1.82) is 0 Å². The van der Waals surface area contributed by atoms with Crippen LogP contribution in [0.25, 0.3) is 11.0 Å². The zero-order valence-corrected chi connectivity index (χ0v) is 10.2. The lowest BCUT2D eigenvalue weighted by atomic mass is 10.1. The summed E-state index contributed by atoms with van der Waals surface area (Å²) in [4.78, 5) is 0. The lowest BCUT2D eigenvalue weighted by Gasteiger charge is -2.02. The molecule has 2 N–H and O–H groups in total. The Bertz CT molecular complexity index is 640. The molecule has 3 aromatic rings. The first-order valence-corrected chi connectivity index (χ1v) is 6.00. The predicted octanol–water partition coefficient (Wildman–Crippen LogP) is 2.75. The van der Waals surface area contributed by atoms with Crippen LogP contribution in [0, 0.1) is 6.92 Å². The van der Waals surface area contributed by atoms with Crippen molar-refractivity contribution in [3.63, 3.8) is 0 Å². The molecular formula is C14H15N3O. The third-order valence-corrected chi connectivity index (χ3v) is 3.08. The van der Waals surface area contributed by atoms with Crippen LogP contribution in [0.3, 0.4) is 0 Å². The summed E-state index contributed by atoms with van der Waals surface area (Å²) in [6, 6.07) is 10.1. The van der Waals surface area contributed by atoms with Gasteiger partial charge in [0.1, 0.15) is 11.3 Å². The first-order valence-electron chi connectivity index (χ1n) is 6.00. The van der Waals surface area contributed by atoms with E-state index in [0.29, 0.717) is 0 Å². The van der Waals surface area contributed by atoms with Gasteiger partial charge in [-0.25, -0.2) is 0 Å². The molecule has 0 saturated carbocycles. The number of aryl methyl sites for hydroxylation is 1. The third kappa shape index (κ3) is 2.02. The number of furan rings is 1. The zero-order chi connectivity index (χ0) is 12.4. The van der Waals surface area contributed by atoms with Crippen LogP contribution in [-0.4, -0.2) is 10.2 Å². The molecule has 0 bridgehead atoms. The Morgan fingerprint density at radius 1 is 1.22 bits per heavy atom. The molecule has 92 valence electrons. The van der Waals surface area contributed by atoms with Crippen LogP contribution in [0.1, 0.15) is 17.0 Å². The number of para-hydroxylation sites is 1. The van der Waals surface area contributed by atoms with Crippen LogP contribution in [0.2, 0.25) is 0 Å². The van der Waals surface area contributed by atoms with Crippen molar-refractivity contribution >= 4 is 11.0 Å². The first-order chi connectivity index (χ1) is 8.84. The maximum Gasteiger partial charge on any atom is 0.134 e. The Morgan fingerprint density at radius 3 is 2.94 bits per heavy atom. The average molecular weight is 241 g/mol. The highest BCUT2D eigenvalue weighted by molar-refractivity contribution is 5.82. The summed E-state index contributed by atoms with van der Waals surface area (Å²) >= 11 is 0. The van der Waals surface area contributed by atoms with Gasteiger partial charge in [-0.3, -0.25) is 5.10 Å². The molecule has 0 spiro atoms. The molecule has 0 radical (unpaired) electrons. The van der Waals surface area contributed by atoms with Crippen molar-refractivity contribution in [1.82, 2.24) is 15.5 Å². The Kier molecular flexibility index (Phi) is 2.86. The van der Waals surface area contributed by atoms with Crippen LogP contribution in [0.15, 0.2) is 40.9 Å². The topological polar surface area (TPSA) is 53.9 Å². The van der Waals surface area contributed by atoms with Crippen molar-refractivity contribution in [3.05, 3.63) is 53.5 Å². The second-order valence-corrected chi connectivity index (χ2v) is 4.32. The SMILES string of the molecule is Cc1oc2ccccc2c1CNCc1ccn[nH]1. The van der Waals surface area contributed by atoms with E-state index in [9.17, 15) is 0 Å². The van der Waals surface area contributed by atoms with E-state index in [0.717, 1.165) is 30.1 Å². The monoisotopic (exact) mass is 241 g/mol. The van der Waals surface area contributed by atoms with E-state index in [2.05, 4.69) is 21.6 Å². The van der Waals surface area contributed by atoms with Crippen molar-refractivity contribution < 1.29 is 4.42 Å². The number of hydrogen-bond acceptors (Lipinski definition) is 3. The lowest BCUT2D eigenvalue weighted by molar-refractivity contribution is 0.564. The summed E-state index contributed by atoms with van der Waals surface area (Å²) in [5, 5.41) is 11.4. The van der Waals surface area contributed by atoms with Gasteiger partial charge < -0.3 is 9.73 Å². The summed E-state index contributed by atoms with van der Waals surface area (Å²) in [5.74, 6) is 0.980. The number of aromatic amines is 1. The maximum absolute atomic E-state index is 5.73. The Morgan fingerprint density at radius 2 is 2.11 bits per heavy atom. The Labute approximate surface area is 105 Å². The molecule has 2 aromatic heterocycles. The molecule has 0 aliphatic carbocycles. The largest absolute Gasteiger partial charge is 0.461 e. The number of aromatic nitrogens is 2. The van der Waals surface area contributed by atoms with Crippen molar-refractivity contribution in [3.8, 4) is 0 Å². The maximum atomic E-state index is 5.73. The van der Waals surface area contributed by atoms with Gasteiger partial charge in [0.2, 0.25) is 0 Å². The number of rotatable bonds is 4. The molecule has 0 amide bonds. The molecule has 1 aromatic carbocycles. The van der Waals surface area contributed by atoms with Gasteiger partial charge in [0, 0.05) is 35.9 Å². The quantitative estimate of drug-likeness (QED) is 0.738. The number of H-pyrrole nitrogens is 1. The van der Waals surface area contributed by atoms with Crippen LogP contribution >= 0.6 is 0 Å². The third-order valence-electron chi connectivity index (χ3n) is 3.08. The molecule has 0 atom stereocenters. The lowest BCUT2D eigenvalue weighted by Crippen LogP contribution is -2.13. The van der Waals surface area contributed by atoms with Gasteiger partial charge in [0.25, 0.3) is 0 Å². The normalized spacial score (nSPS) is 11.2. The Balaban J connectivity index is 1.76. The number of nitrogens with zero attached hydrogens (tertiary/aromatic N) is 1.